The molecule has 0 saturated carbocycles. The van der Waals surface area contributed by atoms with Crippen LogP contribution in [0.2, 0.25) is 0 Å². The summed E-state index contributed by atoms with van der Waals surface area (Å²) >= 11 is 0. The molecular weight excluding hydrogens is 298 g/mol. The van der Waals surface area contributed by atoms with Crippen LogP contribution in [-0.2, 0) is 6.54 Å². The van der Waals surface area contributed by atoms with Crippen LogP contribution in [-0.4, -0.2) is 29.5 Å². The van der Waals surface area contributed by atoms with Gasteiger partial charge in [0, 0.05) is 43.6 Å². The first kappa shape index (κ1) is 15.1. The van der Waals surface area contributed by atoms with Gasteiger partial charge in [0.2, 0.25) is 0 Å². The molecule has 1 aromatic carbocycles. The van der Waals surface area contributed by atoms with Crippen molar-refractivity contribution in [2.24, 2.45) is 0 Å². The molecule has 0 radical (unpaired) electrons. The van der Waals surface area contributed by atoms with Crippen molar-refractivity contribution in [1.82, 2.24) is 15.2 Å². The summed E-state index contributed by atoms with van der Waals surface area (Å²) in [7, 11) is 0. The molecule has 4 heteroatoms. The third kappa shape index (κ3) is 3.25. The lowest BCUT2D eigenvalue weighted by molar-refractivity contribution is 0.143. The van der Waals surface area contributed by atoms with E-state index < -0.39 is 0 Å². The molecule has 0 aliphatic carbocycles. The van der Waals surface area contributed by atoms with Gasteiger partial charge in [0.25, 0.3) is 0 Å². The van der Waals surface area contributed by atoms with E-state index in [-0.39, 0.29) is 0 Å². The van der Waals surface area contributed by atoms with E-state index in [1.807, 2.05) is 36.7 Å². The van der Waals surface area contributed by atoms with Crippen molar-refractivity contribution in [3.63, 3.8) is 0 Å². The Balaban J connectivity index is 1.52. The first-order valence-corrected chi connectivity index (χ1v) is 8.39. The van der Waals surface area contributed by atoms with Crippen LogP contribution in [0.15, 0.2) is 71.4 Å². The molecule has 0 spiro atoms. The number of nitrogens with one attached hydrogen (secondary N) is 1. The summed E-state index contributed by atoms with van der Waals surface area (Å²) in [6.45, 7) is 3.76. The monoisotopic (exact) mass is 319 g/mol. The third-order valence-corrected chi connectivity index (χ3v) is 4.50. The zero-order valence-corrected chi connectivity index (χ0v) is 13.6. The average molecular weight is 319 g/mol. The van der Waals surface area contributed by atoms with Gasteiger partial charge < -0.3 is 9.73 Å². The smallest absolute Gasteiger partial charge is 0.134 e. The highest BCUT2D eigenvalue weighted by molar-refractivity contribution is 5.57. The van der Waals surface area contributed by atoms with Gasteiger partial charge in [-0.05, 0) is 23.8 Å². The Labute approximate surface area is 142 Å². The topological polar surface area (TPSA) is 41.3 Å². The molecule has 0 amide bonds. The molecule has 3 heterocycles. The number of nitrogens with zero attached hydrogens (tertiary/aromatic N) is 2. The Morgan fingerprint density at radius 2 is 2.00 bits per heavy atom. The van der Waals surface area contributed by atoms with Crippen molar-refractivity contribution >= 4 is 0 Å². The number of benzene rings is 1. The van der Waals surface area contributed by atoms with Crippen LogP contribution in [0.5, 0.6) is 0 Å². The number of pyridine rings is 1. The minimum Gasteiger partial charge on any atom is -0.460 e. The summed E-state index contributed by atoms with van der Waals surface area (Å²) in [6.07, 6.45) is 3.78. The standard InChI is InChI=1S/C20H21N3O/c1-2-5-16(6-3-1)20-9-8-18(24-20)15-23-12-11-22-14-19(23)17-7-4-10-21-13-17/h1-10,13,19,22H,11-12,14-15H2. The molecule has 1 unspecified atom stereocenters. The van der Waals surface area contributed by atoms with Crippen LogP contribution in [0.3, 0.4) is 0 Å². The van der Waals surface area contributed by atoms with Crippen molar-refractivity contribution in [1.29, 1.82) is 0 Å². The second-order valence-corrected chi connectivity index (χ2v) is 6.11. The van der Waals surface area contributed by atoms with Crippen LogP contribution in [0.4, 0.5) is 0 Å². The van der Waals surface area contributed by atoms with Gasteiger partial charge in [0.1, 0.15) is 11.5 Å². The molecule has 1 N–H and O–H groups in total. The van der Waals surface area contributed by atoms with Gasteiger partial charge in [-0.3, -0.25) is 9.88 Å². The van der Waals surface area contributed by atoms with E-state index in [9.17, 15) is 0 Å². The van der Waals surface area contributed by atoms with Gasteiger partial charge >= 0.3 is 0 Å². The summed E-state index contributed by atoms with van der Waals surface area (Å²) < 4.78 is 6.08. The molecule has 0 bridgehead atoms. The fourth-order valence-electron chi connectivity index (χ4n) is 3.26. The summed E-state index contributed by atoms with van der Waals surface area (Å²) in [5.74, 6) is 1.93. The minimum absolute atomic E-state index is 0.331. The average Bonchev–Trinajstić information content (AvgIpc) is 3.12. The summed E-state index contributed by atoms with van der Waals surface area (Å²) in [5.41, 5.74) is 2.37. The second kappa shape index (κ2) is 6.99. The van der Waals surface area contributed by atoms with Crippen LogP contribution in [0, 0.1) is 0 Å². The molecule has 1 saturated heterocycles. The fourth-order valence-corrected chi connectivity index (χ4v) is 3.26. The molecule has 3 aromatic rings. The highest BCUT2D eigenvalue weighted by Crippen LogP contribution is 2.26. The number of furan rings is 1. The Bertz CT molecular complexity index is 770. The lowest BCUT2D eigenvalue weighted by Gasteiger charge is -2.35. The molecule has 2 aromatic heterocycles. The van der Waals surface area contributed by atoms with Gasteiger partial charge in [0.15, 0.2) is 0 Å². The van der Waals surface area contributed by atoms with Crippen molar-refractivity contribution < 1.29 is 4.42 Å². The zero-order chi connectivity index (χ0) is 16.2. The maximum Gasteiger partial charge on any atom is 0.134 e. The number of hydrogen-bond donors (Lipinski definition) is 1. The quantitative estimate of drug-likeness (QED) is 0.799. The summed E-state index contributed by atoms with van der Waals surface area (Å²) in [4.78, 5) is 6.73. The number of piperazine rings is 1. The van der Waals surface area contributed by atoms with Crippen molar-refractivity contribution in [2.75, 3.05) is 19.6 Å². The van der Waals surface area contributed by atoms with Crippen molar-refractivity contribution in [2.45, 2.75) is 12.6 Å². The molecule has 4 nitrogen and oxygen atoms in total. The highest BCUT2D eigenvalue weighted by atomic mass is 16.3. The number of hydrogen-bond acceptors (Lipinski definition) is 4. The van der Waals surface area contributed by atoms with E-state index in [4.69, 9.17) is 4.42 Å². The largest absolute Gasteiger partial charge is 0.460 e. The lowest BCUT2D eigenvalue weighted by atomic mass is 10.1. The van der Waals surface area contributed by atoms with E-state index in [0.29, 0.717) is 6.04 Å². The van der Waals surface area contributed by atoms with E-state index in [2.05, 4.69) is 45.5 Å². The van der Waals surface area contributed by atoms with E-state index in [1.54, 1.807) is 0 Å². The Morgan fingerprint density at radius 1 is 1.08 bits per heavy atom. The highest BCUT2D eigenvalue weighted by Gasteiger charge is 2.24. The number of aromatic nitrogens is 1. The minimum atomic E-state index is 0.331. The molecule has 1 aliphatic rings. The van der Waals surface area contributed by atoms with Gasteiger partial charge in [0.05, 0.1) is 6.54 Å². The van der Waals surface area contributed by atoms with Gasteiger partial charge in [-0.25, -0.2) is 0 Å². The third-order valence-electron chi connectivity index (χ3n) is 4.50. The van der Waals surface area contributed by atoms with E-state index in [0.717, 1.165) is 43.3 Å². The first-order valence-electron chi connectivity index (χ1n) is 8.39. The van der Waals surface area contributed by atoms with Crippen molar-refractivity contribution in [3.8, 4) is 11.3 Å². The maximum atomic E-state index is 6.08. The van der Waals surface area contributed by atoms with Crippen LogP contribution in [0.1, 0.15) is 17.4 Å². The molecule has 24 heavy (non-hydrogen) atoms. The predicted octanol–water partition coefficient (Wildman–Crippen LogP) is 3.49. The second-order valence-electron chi connectivity index (χ2n) is 6.11. The van der Waals surface area contributed by atoms with E-state index >= 15 is 0 Å². The lowest BCUT2D eigenvalue weighted by Crippen LogP contribution is -2.45. The van der Waals surface area contributed by atoms with E-state index in [1.165, 1.54) is 5.56 Å². The normalized spacial score (nSPS) is 18.6. The van der Waals surface area contributed by atoms with Crippen molar-refractivity contribution in [3.05, 3.63) is 78.3 Å². The van der Waals surface area contributed by atoms with Crippen LogP contribution >= 0.6 is 0 Å². The molecule has 4 rings (SSSR count). The Kier molecular flexibility index (Phi) is 4.40. The molecular formula is C20H21N3O. The molecule has 1 aliphatic heterocycles. The molecule has 122 valence electrons. The fraction of sp³-hybridized carbons (Fsp3) is 0.250. The maximum absolute atomic E-state index is 6.08. The molecule has 1 fully saturated rings. The number of rotatable bonds is 4. The van der Waals surface area contributed by atoms with Crippen LogP contribution in [0.25, 0.3) is 11.3 Å². The summed E-state index contributed by atoms with van der Waals surface area (Å²) in [6, 6.07) is 18.9. The first-order chi connectivity index (χ1) is 11.9. The Morgan fingerprint density at radius 3 is 2.83 bits per heavy atom. The van der Waals surface area contributed by atoms with Gasteiger partial charge in [-0.2, -0.15) is 0 Å². The zero-order valence-electron chi connectivity index (χ0n) is 13.6. The SMILES string of the molecule is c1ccc(-c2ccc(CN3CCNCC3c3cccnc3)o2)cc1. The van der Waals surface area contributed by atoms with Gasteiger partial charge in [-0.1, -0.05) is 36.4 Å². The van der Waals surface area contributed by atoms with Crippen LogP contribution < -0.4 is 5.32 Å². The summed E-state index contributed by atoms with van der Waals surface area (Å²) in [5, 5.41) is 3.48. The molecule has 1 atom stereocenters. The van der Waals surface area contributed by atoms with Gasteiger partial charge in [-0.15, -0.1) is 0 Å². The Hall–Kier alpha value is -2.43. The predicted molar refractivity (Wildman–Crippen MR) is 94.4 cm³/mol.